The summed E-state index contributed by atoms with van der Waals surface area (Å²) >= 11 is 0. The van der Waals surface area contributed by atoms with Crippen LogP contribution in [0.5, 0.6) is 0 Å². The highest BCUT2D eigenvalue weighted by Crippen LogP contribution is 2.42. The molecule has 0 atom stereocenters. The van der Waals surface area contributed by atoms with Gasteiger partial charge in [0.1, 0.15) is 0 Å². The number of likely N-dealkylation sites (N-methyl/N-ethyl adjacent to an activating group) is 1. The van der Waals surface area contributed by atoms with Gasteiger partial charge in [0.25, 0.3) is 11.7 Å². The molecule has 0 unspecified atom stereocenters. The van der Waals surface area contributed by atoms with Crippen LogP contribution in [-0.2, 0) is 20.1 Å². The van der Waals surface area contributed by atoms with Crippen LogP contribution in [0.2, 0.25) is 0 Å². The first-order chi connectivity index (χ1) is 8.47. The van der Waals surface area contributed by atoms with Crippen molar-refractivity contribution in [1.82, 2.24) is 0 Å². The van der Waals surface area contributed by atoms with Gasteiger partial charge in [0.2, 0.25) is 5.91 Å². The lowest BCUT2D eigenvalue weighted by Crippen LogP contribution is -2.41. The Hall–Kier alpha value is -1.92. The number of nitrogens with two attached hydrogens (primary N) is 1. The molecule has 6 heteroatoms. The average molecular weight is 250 g/mol. The van der Waals surface area contributed by atoms with Gasteiger partial charge in [-0.3, -0.25) is 9.59 Å². The van der Waals surface area contributed by atoms with Gasteiger partial charge >= 0.3 is 0 Å². The van der Waals surface area contributed by atoms with Crippen LogP contribution in [0.3, 0.4) is 0 Å². The summed E-state index contributed by atoms with van der Waals surface area (Å²) in [5, 5.41) is 0. The molecular weight excluding hydrogens is 236 g/mol. The number of rotatable bonds is 3. The normalized spacial score (nSPS) is 16.8. The minimum Gasteiger partial charge on any atom is -0.366 e. The fraction of sp³-hybridized carbons (Fsp3) is 0.333. The first kappa shape index (κ1) is 12.5. The van der Waals surface area contributed by atoms with Gasteiger partial charge in [0.15, 0.2) is 0 Å². The van der Waals surface area contributed by atoms with Crippen molar-refractivity contribution < 1.29 is 19.1 Å². The number of carbonyl (C=O) groups is 2. The fourth-order valence-corrected chi connectivity index (χ4v) is 2.17. The second-order valence-corrected chi connectivity index (χ2v) is 3.99. The lowest BCUT2D eigenvalue weighted by Gasteiger charge is -2.24. The van der Waals surface area contributed by atoms with Crippen LogP contribution in [0.25, 0.3) is 0 Å². The van der Waals surface area contributed by atoms with Gasteiger partial charge in [-0.15, -0.1) is 0 Å². The Balaban J connectivity index is 2.68. The predicted octanol–water partition coefficient (Wildman–Crippen LogP) is 0.208. The Kier molecular flexibility index (Phi) is 2.84. The molecule has 2 amide bonds. The molecule has 0 fully saturated rings. The van der Waals surface area contributed by atoms with Crippen LogP contribution in [-0.4, -0.2) is 33.1 Å². The van der Waals surface area contributed by atoms with Crippen molar-refractivity contribution in [2.45, 2.75) is 5.79 Å². The number of amides is 2. The van der Waals surface area contributed by atoms with E-state index in [1.165, 1.54) is 25.2 Å². The summed E-state index contributed by atoms with van der Waals surface area (Å²) in [7, 11) is 4.37. The molecule has 2 N–H and O–H groups in total. The zero-order valence-corrected chi connectivity index (χ0v) is 10.4. The maximum Gasteiger partial charge on any atom is 0.292 e. The van der Waals surface area contributed by atoms with E-state index in [2.05, 4.69) is 0 Å². The number of nitrogens with zero attached hydrogens (tertiary/aromatic N) is 1. The van der Waals surface area contributed by atoms with Gasteiger partial charge in [0, 0.05) is 32.4 Å². The molecule has 96 valence electrons. The highest BCUT2D eigenvalue weighted by Gasteiger charge is 2.51. The number of benzene rings is 1. The quantitative estimate of drug-likeness (QED) is 0.777. The number of carbonyl (C=O) groups excluding carboxylic acids is 2. The summed E-state index contributed by atoms with van der Waals surface area (Å²) in [6.45, 7) is 0. The van der Waals surface area contributed by atoms with Crippen LogP contribution < -0.4 is 10.6 Å². The Morgan fingerprint density at radius 3 is 2.44 bits per heavy atom. The molecular formula is C12H14N2O4. The lowest BCUT2D eigenvalue weighted by molar-refractivity contribution is -0.208. The molecule has 1 heterocycles. The van der Waals surface area contributed by atoms with E-state index in [0.29, 0.717) is 16.8 Å². The van der Waals surface area contributed by atoms with E-state index in [1.54, 1.807) is 19.2 Å². The number of primary amides is 1. The van der Waals surface area contributed by atoms with E-state index in [1.807, 2.05) is 0 Å². The largest absolute Gasteiger partial charge is 0.366 e. The summed E-state index contributed by atoms with van der Waals surface area (Å²) in [5.41, 5.74) is 6.65. The van der Waals surface area contributed by atoms with Crippen molar-refractivity contribution in [2.75, 3.05) is 26.2 Å². The molecule has 2 rings (SSSR count). The van der Waals surface area contributed by atoms with Gasteiger partial charge in [-0.25, -0.2) is 0 Å². The van der Waals surface area contributed by atoms with E-state index >= 15 is 0 Å². The van der Waals surface area contributed by atoms with Gasteiger partial charge < -0.3 is 20.1 Å². The Bertz CT molecular complexity index is 523. The van der Waals surface area contributed by atoms with Crippen LogP contribution >= 0.6 is 0 Å². The van der Waals surface area contributed by atoms with Crippen molar-refractivity contribution in [3.63, 3.8) is 0 Å². The predicted molar refractivity (Wildman–Crippen MR) is 64.1 cm³/mol. The topological polar surface area (TPSA) is 81.9 Å². The van der Waals surface area contributed by atoms with Crippen molar-refractivity contribution in [3.05, 3.63) is 29.3 Å². The molecule has 0 saturated heterocycles. The maximum atomic E-state index is 12.2. The van der Waals surface area contributed by atoms with E-state index in [0.717, 1.165) is 0 Å². The Morgan fingerprint density at radius 2 is 1.94 bits per heavy atom. The number of methoxy groups -OCH3 is 2. The van der Waals surface area contributed by atoms with E-state index in [4.69, 9.17) is 15.2 Å². The van der Waals surface area contributed by atoms with Crippen LogP contribution in [0, 0.1) is 0 Å². The molecule has 6 nitrogen and oxygen atoms in total. The molecule has 0 radical (unpaired) electrons. The van der Waals surface area contributed by atoms with Gasteiger partial charge in [-0.05, 0) is 18.2 Å². The molecule has 1 aromatic carbocycles. The minimum atomic E-state index is -1.50. The third-order valence-corrected chi connectivity index (χ3v) is 3.16. The second-order valence-electron chi connectivity index (χ2n) is 3.99. The molecule has 0 aromatic heterocycles. The van der Waals surface area contributed by atoms with E-state index in [-0.39, 0.29) is 5.91 Å². The highest BCUT2D eigenvalue weighted by atomic mass is 16.7. The number of ether oxygens (including phenoxy) is 2. The van der Waals surface area contributed by atoms with Gasteiger partial charge in [0.05, 0.1) is 5.69 Å². The van der Waals surface area contributed by atoms with E-state index < -0.39 is 11.7 Å². The SMILES string of the molecule is COC1(OC)C(=O)N(C)c2ccc(C(N)=O)cc21. The molecule has 1 aromatic rings. The standard InChI is InChI=1S/C12H14N2O4/c1-14-9-5-4-7(10(13)15)6-8(9)12(17-2,18-3)11(14)16/h4-6H,1-3H3,(H2,13,15). The van der Waals surface area contributed by atoms with Gasteiger partial charge in [-0.1, -0.05) is 0 Å². The Labute approximate surface area is 104 Å². The fourth-order valence-electron chi connectivity index (χ4n) is 2.17. The van der Waals surface area contributed by atoms with Crippen molar-refractivity contribution in [2.24, 2.45) is 5.73 Å². The number of anilines is 1. The number of hydrogen-bond donors (Lipinski definition) is 1. The molecule has 0 aliphatic carbocycles. The lowest BCUT2D eigenvalue weighted by atomic mass is 10.0. The second kappa shape index (κ2) is 4.08. The van der Waals surface area contributed by atoms with Crippen LogP contribution in [0.15, 0.2) is 18.2 Å². The molecule has 1 aliphatic heterocycles. The van der Waals surface area contributed by atoms with Crippen LogP contribution in [0.4, 0.5) is 5.69 Å². The highest BCUT2D eigenvalue weighted by molar-refractivity contribution is 6.06. The summed E-state index contributed by atoms with van der Waals surface area (Å²) in [6, 6.07) is 4.73. The van der Waals surface area contributed by atoms with Gasteiger partial charge in [-0.2, -0.15) is 0 Å². The number of fused-ring (bicyclic) bond motifs is 1. The summed E-state index contributed by atoms with van der Waals surface area (Å²) in [6.07, 6.45) is 0. The van der Waals surface area contributed by atoms with Crippen molar-refractivity contribution in [1.29, 1.82) is 0 Å². The summed E-state index contributed by atoms with van der Waals surface area (Å²) in [4.78, 5) is 24.8. The summed E-state index contributed by atoms with van der Waals surface area (Å²) in [5.74, 6) is -2.42. The van der Waals surface area contributed by atoms with Crippen molar-refractivity contribution in [3.8, 4) is 0 Å². The smallest absolute Gasteiger partial charge is 0.292 e. The van der Waals surface area contributed by atoms with Crippen LogP contribution in [0.1, 0.15) is 15.9 Å². The van der Waals surface area contributed by atoms with E-state index in [9.17, 15) is 9.59 Å². The Morgan fingerprint density at radius 1 is 1.33 bits per heavy atom. The summed E-state index contributed by atoms with van der Waals surface area (Å²) < 4.78 is 10.5. The first-order valence-corrected chi connectivity index (χ1v) is 5.30. The molecule has 1 aliphatic rings. The maximum absolute atomic E-state index is 12.2. The minimum absolute atomic E-state index is 0.301. The average Bonchev–Trinajstić information content (AvgIpc) is 2.59. The molecule has 18 heavy (non-hydrogen) atoms. The monoisotopic (exact) mass is 250 g/mol. The zero-order chi connectivity index (χ0) is 13.5. The third kappa shape index (κ3) is 1.43. The third-order valence-electron chi connectivity index (χ3n) is 3.16. The zero-order valence-electron chi connectivity index (χ0n) is 10.4. The molecule has 0 spiro atoms. The molecule has 0 bridgehead atoms. The number of hydrogen-bond acceptors (Lipinski definition) is 4. The van der Waals surface area contributed by atoms with Crippen molar-refractivity contribution >= 4 is 17.5 Å². The first-order valence-electron chi connectivity index (χ1n) is 5.30. The molecule has 0 saturated carbocycles.